The first kappa shape index (κ1) is 13.6. The molecule has 0 bridgehead atoms. The number of anilines is 1. The summed E-state index contributed by atoms with van der Waals surface area (Å²) in [4.78, 5) is 14.6. The van der Waals surface area contributed by atoms with Gasteiger partial charge in [0.25, 0.3) is 0 Å². The first-order valence-corrected chi connectivity index (χ1v) is 6.19. The molecular weight excluding hydrogens is 285 g/mol. The van der Waals surface area contributed by atoms with Crippen LogP contribution in [0.3, 0.4) is 0 Å². The smallest absolute Gasteiger partial charge is 0.205 e. The zero-order valence-electron chi connectivity index (χ0n) is 10.1. The second-order valence-electron chi connectivity index (χ2n) is 4.10. The fourth-order valence-corrected chi connectivity index (χ4v) is 2.23. The molecule has 0 aliphatic carbocycles. The molecule has 98 valence electrons. The summed E-state index contributed by atoms with van der Waals surface area (Å²) < 4.78 is 0. The van der Waals surface area contributed by atoms with Crippen LogP contribution in [-0.2, 0) is 0 Å². The quantitative estimate of drug-likeness (QED) is 0.744. The number of nitrogen functional groups attached to an aromatic ring is 1. The summed E-state index contributed by atoms with van der Waals surface area (Å²) in [7, 11) is 0. The Morgan fingerprint density at radius 3 is 2.63 bits per heavy atom. The number of nitrogens with two attached hydrogens (primary N) is 1. The molecule has 0 radical (unpaired) electrons. The predicted molar refractivity (Wildman–Crippen MR) is 78.6 cm³/mol. The van der Waals surface area contributed by atoms with Crippen molar-refractivity contribution < 1.29 is 0 Å². The van der Waals surface area contributed by atoms with Crippen LogP contribution in [0.5, 0.6) is 0 Å². The number of rotatable bonds is 2. The number of H-pyrrole nitrogens is 1. The van der Waals surface area contributed by atoms with Gasteiger partial charge in [-0.05, 0) is 25.1 Å². The summed E-state index contributed by atoms with van der Waals surface area (Å²) in [6.45, 7) is 1.72. The largest absolute Gasteiger partial charge is 0.394 e. The molecule has 0 amide bonds. The van der Waals surface area contributed by atoms with Crippen molar-refractivity contribution in [3.05, 3.63) is 61.5 Å². The van der Waals surface area contributed by atoms with E-state index in [4.69, 9.17) is 34.3 Å². The highest BCUT2D eigenvalue weighted by Gasteiger charge is 2.15. The van der Waals surface area contributed by atoms with Crippen LogP contribution >= 0.6 is 23.2 Å². The van der Waals surface area contributed by atoms with Gasteiger partial charge >= 0.3 is 0 Å². The molecule has 0 atom stereocenters. The van der Waals surface area contributed by atoms with Gasteiger partial charge in [-0.1, -0.05) is 23.2 Å². The Hall–Kier alpha value is -1.78. The maximum Gasteiger partial charge on any atom is 0.205 e. The molecular formula is C13H11Cl2N3O. The minimum atomic E-state index is -0.318. The van der Waals surface area contributed by atoms with Gasteiger partial charge in [-0.25, -0.2) is 0 Å². The predicted octanol–water partition coefficient (Wildman–Crippen LogP) is 2.99. The second kappa shape index (κ2) is 5.07. The molecule has 0 aliphatic rings. The van der Waals surface area contributed by atoms with Gasteiger partial charge < -0.3 is 10.7 Å². The Labute approximate surface area is 119 Å². The third-order valence-corrected chi connectivity index (χ3v) is 3.20. The first-order chi connectivity index (χ1) is 8.90. The molecule has 4 N–H and O–H groups in total. The number of aromatic nitrogens is 1. The molecule has 1 aromatic carbocycles. The van der Waals surface area contributed by atoms with Gasteiger partial charge in [0.1, 0.15) is 5.69 Å². The summed E-state index contributed by atoms with van der Waals surface area (Å²) in [5.41, 5.74) is 6.80. The lowest BCUT2D eigenvalue weighted by Crippen LogP contribution is -2.18. The topological polar surface area (TPSA) is 82.7 Å². The zero-order chi connectivity index (χ0) is 14.2. The third kappa shape index (κ3) is 2.64. The van der Waals surface area contributed by atoms with Crippen LogP contribution in [0.4, 0.5) is 5.69 Å². The van der Waals surface area contributed by atoms with E-state index in [2.05, 4.69) is 4.98 Å². The van der Waals surface area contributed by atoms with E-state index in [1.165, 1.54) is 12.1 Å². The van der Waals surface area contributed by atoms with Crippen molar-refractivity contribution in [2.24, 2.45) is 0 Å². The SMILES string of the molecule is Cc1cc(=O)c(N)c(C(=N)c2ccc(Cl)cc2Cl)[nH]1. The minimum absolute atomic E-state index is 0.00150. The molecule has 2 rings (SSSR count). The molecule has 0 saturated carbocycles. The van der Waals surface area contributed by atoms with Gasteiger partial charge in [0.05, 0.1) is 16.4 Å². The lowest BCUT2D eigenvalue weighted by Gasteiger charge is -2.10. The Morgan fingerprint density at radius 1 is 1.32 bits per heavy atom. The highest BCUT2D eigenvalue weighted by atomic mass is 35.5. The summed E-state index contributed by atoms with van der Waals surface area (Å²) >= 11 is 11.9. The summed E-state index contributed by atoms with van der Waals surface area (Å²) in [5, 5.41) is 8.95. The molecule has 4 nitrogen and oxygen atoms in total. The van der Waals surface area contributed by atoms with E-state index in [9.17, 15) is 4.79 Å². The molecule has 19 heavy (non-hydrogen) atoms. The van der Waals surface area contributed by atoms with Crippen LogP contribution in [0.1, 0.15) is 17.0 Å². The van der Waals surface area contributed by atoms with Crippen LogP contribution in [-0.4, -0.2) is 10.7 Å². The Bertz CT molecular complexity index is 722. The summed E-state index contributed by atoms with van der Waals surface area (Å²) in [6.07, 6.45) is 0. The first-order valence-electron chi connectivity index (χ1n) is 5.44. The van der Waals surface area contributed by atoms with E-state index in [-0.39, 0.29) is 22.5 Å². The number of pyridine rings is 1. The van der Waals surface area contributed by atoms with Gasteiger partial charge in [-0.2, -0.15) is 0 Å². The number of aryl methyl sites for hydroxylation is 1. The third-order valence-electron chi connectivity index (χ3n) is 2.66. The molecule has 1 heterocycles. The molecule has 1 aromatic heterocycles. The van der Waals surface area contributed by atoms with Crippen LogP contribution in [0, 0.1) is 12.3 Å². The number of hydrogen-bond acceptors (Lipinski definition) is 3. The van der Waals surface area contributed by atoms with E-state index in [0.29, 0.717) is 21.3 Å². The van der Waals surface area contributed by atoms with E-state index in [1.54, 1.807) is 19.1 Å². The highest BCUT2D eigenvalue weighted by molar-refractivity contribution is 6.37. The van der Waals surface area contributed by atoms with Gasteiger partial charge in [0.2, 0.25) is 5.43 Å². The zero-order valence-corrected chi connectivity index (χ0v) is 11.6. The van der Waals surface area contributed by atoms with Crippen LogP contribution in [0.25, 0.3) is 0 Å². The molecule has 2 aromatic rings. The summed E-state index contributed by atoms with van der Waals surface area (Å²) in [5.74, 6) is 0. The molecule has 0 spiro atoms. The number of nitrogens with one attached hydrogen (secondary N) is 2. The van der Waals surface area contributed by atoms with Gasteiger partial charge in [0.15, 0.2) is 0 Å². The Balaban J connectivity index is 2.59. The lowest BCUT2D eigenvalue weighted by atomic mass is 10.1. The van der Waals surface area contributed by atoms with Crippen molar-refractivity contribution in [2.45, 2.75) is 6.92 Å². The van der Waals surface area contributed by atoms with Gasteiger partial charge in [0, 0.05) is 22.3 Å². The Morgan fingerprint density at radius 2 is 2.00 bits per heavy atom. The number of hydrogen-bond donors (Lipinski definition) is 3. The van der Waals surface area contributed by atoms with Crippen LogP contribution in [0.15, 0.2) is 29.1 Å². The molecule has 6 heteroatoms. The number of aromatic amines is 1. The average Bonchev–Trinajstić information content (AvgIpc) is 2.33. The fourth-order valence-electron chi connectivity index (χ4n) is 1.72. The maximum atomic E-state index is 11.6. The van der Waals surface area contributed by atoms with Gasteiger partial charge in [-0.15, -0.1) is 0 Å². The lowest BCUT2D eigenvalue weighted by molar-refractivity contribution is 1.16. The van der Waals surface area contributed by atoms with Crippen LogP contribution < -0.4 is 11.2 Å². The van der Waals surface area contributed by atoms with Crippen molar-refractivity contribution in [2.75, 3.05) is 5.73 Å². The highest BCUT2D eigenvalue weighted by Crippen LogP contribution is 2.23. The summed E-state index contributed by atoms with van der Waals surface area (Å²) in [6, 6.07) is 6.17. The average molecular weight is 296 g/mol. The fraction of sp³-hybridized carbons (Fsp3) is 0.0769. The van der Waals surface area contributed by atoms with E-state index in [0.717, 1.165) is 0 Å². The van der Waals surface area contributed by atoms with E-state index >= 15 is 0 Å². The minimum Gasteiger partial charge on any atom is -0.394 e. The maximum absolute atomic E-state index is 11.6. The van der Waals surface area contributed by atoms with E-state index < -0.39 is 0 Å². The van der Waals surface area contributed by atoms with Crippen molar-refractivity contribution in [3.63, 3.8) is 0 Å². The van der Waals surface area contributed by atoms with Crippen molar-refractivity contribution in [1.29, 1.82) is 5.41 Å². The molecule has 0 unspecified atom stereocenters. The molecule has 0 aliphatic heterocycles. The van der Waals surface area contributed by atoms with Crippen molar-refractivity contribution >= 4 is 34.6 Å². The van der Waals surface area contributed by atoms with Crippen LogP contribution in [0.2, 0.25) is 10.0 Å². The standard InChI is InChI=1S/C13H11Cl2N3O/c1-6-4-10(19)12(17)13(18-6)11(16)8-3-2-7(14)5-9(8)15/h2-5,16H,17H2,1H3,(H,18,19). The number of halogens is 2. The molecule has 0 fully saturated rings. The van der Waals surface area contributed by atoms with Gasteiger partial charge in [-0.3, -0.25) is 10.2 Å². The van der Waals surface area contributed by atoms with E-state index in [1.807, 2.05) is 0 Å². The molecule has 0 saturated heterocycles. The number of benzene rings is 1. The van der Waals surface area contributed by atoms with Crippen molar-refractivity contribution in [3.8, 4) is 0 Å². The van der Waals surface area contributed by atoms with Crippen molar-refractivity contribution in [1.82, 2.24) is 4.98 Å². The second-order valence-corrected chi connectivity index (χ2v) is 4.95. The monoisotopic (exact) mass is 295 g/mol. The normalized spacial score (nSPS) is 10.5. The Kier molecular flexibility index (Phi) is 3.64.